The van der Waals surface area contributed by atoms with Gasteiger partial charge in [-0.25, -0.2) is 5.01 Å². The molecule has 0 fully saturated rings. The second-order valence-electron chi connectivity index (χ2n) is 4.14. The Morgan fingerprint density at radius 1 is 1.40 bits per heavy atom. The van der Waals surface area contributed by atoms with Gasteiger partial charge < -0.3 is 4.74 Å². The number of methoxy groups -OCH3 is 1. The maximum atomic E-state index is 5.65. The van der Waals surface area contributed by atoms with Crippen molar-refractivity contribution < 1.29 is 4.74 Å². The zero-order valence-electron chi connectivity index (χ0n) is 9.95. The van der Waals surface area contributed by atoms with Gasteiger partial charge in [0.25, 0.3) is 0 Å². The highest BCUT2D eigenvalue weighted by Crippen LogP contribution is 2.24. The molecule has 0 spiro atoms. The second kappa shape index (κ2) is 5.14. The van der Waals surface area contributed by atoms with Gasteiger partial charge in [-0.05, 0) is 17.5 Å². The minimum Gasteiger partial charge on any atom is -0.496 e. The van der Waals surface area contributed by atoms with E-state index in [4.69, 9.17) is 10.6 Å². The molecule has 1 aromatic rings. The molecule has 2 N–H and O–H groups in total. The average molecular weight is 208 g/mol. The molecule has 0 aliphatic rings. The molecule has 0 aliphatic heterocycles. The minimum absolute atomic E-state index is 0.526. The first-order valence-corrected chi connectivity index (χ1v) is 5.17. The van der Waals surface area contributed by atoms with Crippen molar-refractivity contribution in [2.45, 2.75) is 26.3 Å². The normalized spacial score (nSPS) is 11.1. The van der Waals surface area contributed by atoms with Crippen molar-refractivity contribution in [1.82, 2.24) is 5.01 Å². The molecule has 0 atom stereocenters. The highest BCUT2D eigenvalue weighted by molar-refractivity contribution is 5.38. The summed E-state index contributed by atoms with van der Waals surface area (Å²) in [4.78, 5) is 0. The number of nitrogens with two attached hydrogens (primary N) is 1. The van der Waals surface area contributed by atoms with E-state index in [-0.39, 0.29) is 0 Å². The first kappa shape index (κ1) is 12.0. The van der Waals surface area contributed by atoms with E-state index in [1.54, 1.807) is 12.1 Å². The monoisotopic (exact) mass is 208 g/mol. The van der Waals surface area contributed by atoms with Crippen molar-refractivity contribution in [2.24, 2.45) is 5.84 Å². The van der Waals surface area contributed by atoms with Gasteiger partial charge in [0, 0.05) is 19.2 Å². The number of nitrogens with zero attached hydrogens (tertiary/aromatic N) is 1. The van der Waals surface area contributed by atoms with Gasteiger partial charge >= 0.3 is 0 Å². The molecule has 3 nitrogen and oxygen atoms in total. The lowest BCUT2D eigenvalue weighted by molar-refractivity contribution is 0.329. The lowest BCUT2D eigenvalue weighted by Crippen LogP contribution is -2.25. The van der Waals surface area contributed by atoms with E-state index < -0.39 is 0 Å². The van der Waals surface area contributed by atoms with Gasteiger partial charge in [-0.15, -0.1) is 0 Å². The number of rotatable bonds is 4. The van der Waals surface area contributed by atoms with Crippen LogP contribution in [-0.2, 0) is 6.54 Å². The van der Waals surface area contributed by atoms with Crippen LogP contribution in [0.3, 0.4) is 0 Å². The number of ether oxygens (including phenoxy) is 1. The first-order chi connectivity index (χ1) is 7.04. The van der Waals surface area contributed by atoms with Gasteiger partial charge in [-0.2, -0.15) is 0 Å². The Morgan fingerprint density at radius 2 is 2.07 bits per heavy atom. The maximum absolute atomic E-state index is 5.65. The van der Waals surface area contributed by atoms with Crippen molar-refractivity contribution in [2.75, 3.05) is 14.2 Å². The van der Waals surface area contributed by atoms with E-state index in [1.807, 2.05) is 13.1 Å². The molecule has 0 saturated carbocycles. The fraction of sp³-hybridized carbons (Fsp3) is 0.500. The number of hydrazine groups is 1. The van der Waals surface area contributed by atoms with E-state index >= 15 is 0 Å². The molecule has 3 heteroatoms. The fourth-order valence-electron chi connectivity index (χ4n) is 1.55. The van der Waals surface area contributed by atoms with Gasteiger partial charge in [-0.3, -0.25) is 5.84 Å². The Hall–Kier alpha value is -1.06. The Kier molecular flexibility index (Phi) is 4.12. The van der Waals surface area contributed by atoms with Crippen LogP contribution in [-0.4, -0.2) is 19.2 Å². The lowest BCUT2D eigenvalue weighted by atomic mass is 10.0. The van der Waals surface area contributed by atoms with E-state index in [1.165, 1.54) is 5.56 Å². The zero-order chi connectivity index (χ0) is 11.4. The van der Waals surface area contributed by atoms with Crippen molar-refractivity contribution >= 4 is 0 Å². The van der Waals surface area contributed by atoms with Crippen LogP contribution >= 0.6 is 0 Å². The van der Waals surface area contributed by atoms with Crippen molar-refractivity contribution in [3.8, 4) is 5.75 Å². The van der Waals surface area contributed by atoms with Gasteiger partial charge in [-0.1, -0.05) is 26.0 Å². The summed E-state index contributed by atoms with van der Waals surface area (Å²) >= 11 is 0. The molecule has 0 aromatic heterocycles. The van der Waals surface area contributed by atoms with Gasteiger partial charge in [0.15, 0.2) is 0 Å². The zero-order valence-corrected chi connectivity index (χ0v) is 9.95. The molecule has 84 valence electrons. The largest absolute Gasteiger partial charge is 0.496 e. The van der Waals surface area contributed by atoms with Crippen LogP contribution in [0, 0.1) is 0 Å². The predicted molar refractivity (Wildman–Crippen MR) is 62.7 cm³/mol. The number of hydrogen-bond donors (Lipinski definition) is 1. The molecule has 0 heterocycles. The third-order valence-electron chi connectivity index (χ3n) is 2.39. The number of benzene rings is 1. The van der Waals surface area contributed by atoms with Gasteiger partial charge in [0.05, 0.1) is 7.11 Å². The molecule has 0 amide bonds. The summed E-state index contributed by atoms with van der Waals surface area (Å²) in [5.74, 6) is 7.08. The third-order valence-corrected chi connectivity index (χ3v) is 2.39. The van der Waals surface area contributed by atoms with E-state index in [0.717, 1.165) is 11.3 Å². The van der Waals surface area contributed by atoms with Crippen molar-refractivity contribution in [3.63, 3.8) is 0 Å². The first-order valence-electron chi connectivity index (χ1n) is 5.17. The van der Waals surface area contributed by atoms with Gasteiger partial charge in [0.1, 0.15) is 5.75 Å². The Labute approximate surface area is 91.8 Å². The molecule has 0 saturated heterocycles. The second-order valence-corrected chi connectivity index (χ2v) is 4.14. The van der Waals surface area contributed by atoms with E-state index in [2.05, 4.69) is 26.0 Å². The summed E-state index contributed by atoms with van der Waals surface area (Å²) in [7, 11) is 3.53. The maximum Gasteiger partial charge on any atom is 0.123 e. The quantitative estimate of drug-likeness (QED) is 0.608. The molecular formula is C12H20N2O. The van der Waals surface area contributed by atoms with Crippen LogP contribution in [0.5, 0.6) is 5.75 Å². The van der Waals surface area contributed by atoms with E-state index in [9.17, 15) is 0 Å². The van der Waals surface area contributed by atoms with Gasteiger partial charge in [0.2, 0.25) is 0 Å². The summed E-state index contributed by atoms with van der Waals surface area (Å²) < 4.78 is 5.30. The van der Waals surface area contributed by atoms with Crippen LogP contribution in [0.2, 0.25) is 0 Å². The Morgan fingerprint density at radius 3 is 2.53 bits per heavy atom. The van der Waals surface area contributed by atoms with Crippen LogP contribution in [0.15, 0.2) is 18.2 Å². The highest BCUT2D eigenvalue weighted by Gasteiger charge is 2.07. The summed E-state index contributed by atoms with van der Waals surface area (Å²) in [5.41, 5.74) is 2.45. The molecular weight excluding hydrogens is 188 g/mol. The summed E-state index contributed by atoms with van der Waals surface area (Å²) in [5, 5.41) is 1.65. The molecule has 0 unspecified atom stereocenters. The molecule has 1 aromatic carbocycles. The third kappa shape index (κ3) is 3.22. The molecule has 15 heavy (non-hydrogen) atoms. The molecule has 1 rings (SSSR count). The lowest BCUT2D eigenvalue weighted by Gasteiger charge is -2.15. The van der Waals surface area contributed by atoms with Crippen molar-refractivity contribution in [3.05, 3.63) is 29.3 Å². The number of hydrogen-bond acceptors (Lipinski definition) is 3. The Balaban J connectivity index is 3.02. The van der Waals surface area contributed by atoms with Crippen LogP contribution in [0.1, 0.15) is 30.9 Å². The molecule has 0 aliphatic carbocycles. The van der Waals surface area contributed by atoms with Crippen LogP contribution in [0.25, 0.3) is 0 Å². The summed E-state index contributed by atoms with van der Waals surface area (Å²) in [6.45, 7) is 5.05. The molecule has 0 bridgehead atoms. The van der Waals surface area contributed by atoms with Crippen molar-refractivity contribution in [1.29, 1.82) is 0 Å². The smallest absolute Gasteiger partial charge is 0.123 e. The fourth-order valence-corrected chi connectivity index (χ4v) is 1.55. The van der Waals surface area contributed by atoms with E-state index in [0.29, 0.717) is 12.5 Å². The van der Waals surface area contributed by atoms with Crippen LogP contribution in [0.4, 0.5) is 0 Å². The predicted octanol–water partition coefficient (Wildman–Crippen LogP) is 2.12. The molecule has 0 radical (unpaired) electrons. The SMILES string of the molecule is COc1ccc(C(C)C)cc1CN(C)N. The Bertz CT molecular complexity index is 321. The standard InChI is InChI=1S/C12H20N2O/c1-9(2)10-5-6-12(15-4)11(7-10)8-14(3)13/h5-7,9H,8,13H2,1-4H3. The van der Waals surface area contributed by atoms with Crippen LogP contribution < -0.4 is 10.6 Å². The average Bonchev–Trinajstić information content (AvgIpc) is 2.16. The summed E-state index contributed by atoms with van der Waals surface area (Å²) in [6, 6.07) is 6.27. The summed E-state index contributed by atoms with van der Waals surface area (Å²) in [6.07, 6.45) is 0. The highest BCUT2D eigenvalue weighted by atomic mass is 16.5. The minimum atomic E-state index is 0.526. The topological polar surface area (TPSA) is 38.5 Å².